The van der Waals surface area contributed by atoms with Crippen molar-refractivity contribution in [2.45, 2.75) is 31.5 Å². The van der Waals surface area contributed by atoms with E-state index in [4.69, 9.17) is 9.84 Å². The number of epoxide rings is 1. The standard InChI is InChI=1S/C11H14O3/c12-11(13)7-2-4-1-5(7)6-3-8-10(14-8)9(4)6/h4-10H,1-3H2,(H,12,13). The Hall–Kier alpha value is -0.570. The lowest BCUT2D eigenvalue weighted by molar-refractivity contribution is -0.144. The molecule has 4 rings (SSSR count). The summed E-state index contributed by atoms with van der Waals surface area (Å²) in [5.74, 6) is 2.00. The van der Waals surface area contributed by atoms with Crippen LogP contribution in [-0.4, -0.2) is 23.3 Å². The van der Waals surface area contributed by atoms with E-state index in [1.165, 1.54) is 6.42 Å². The van der Waals surface area contributed by atoms with E-state index in [0.29, 0.717) is 30.0 Å². The van der Waals surface area contributed by atoms with E-state index in [9.17, 15) is 4.79 Å². The number of aliphatic carboxylic acids is 1. The molecule has 7 unspecified atom stereocenters. The van der Waals surface area contributed by atoms with Gasteiger partial charge in [0.2, 0.25) is 0 Å². The van der Waals surface area contributed by atoms with E-state index in [1.54, 1.807) is 0 Å². The summed E-state index contributed by atoms with van der Waals surface area (Å²) in [5.41, 5.74) is 0. The fraction of sp³-hybridized carbons (Fsp3) is 0.909. The maximum absolute atomic E-state index is 11.0. The third-order valence-electron chi connectivity index (χ3n) is 5.06. The molecule has 2 bridgehead atoms. The molecule has 1 saturated heterocycles. The van der Waals surface area contributed by atoms with Gasteiger partial charge < -0.3 is 9.84 Å². The van der Waals surface area contributed by atoms with Gasteiger partial charge in [0.1, 0.15) is 0 Å². The lowest BCUT2D eigenvalue weighted by Crippen LogP contribution is -2.32. The summed E-state index contributed by atoms with van der Waals surface area (Å²) in [4.78, 5) is 11.0. The molecule has 4 aliphatic rings. The van der Waals surface area contributed by atoms with E-state index in [2.05, 4.69) is 0 Å². The van der Waals surface area contributed by atoms with Crippen LogP contribution in [0.25, 0.3) is 0 Å². The highest BCUT2D eigenvalue weighted by Gasteiger charge is 2.67. The SMILES string of the molecule is O=C(O)C1CC2CC1C1CC3OC3C21. The molecule has 76 valence electrons. The predicted octanol–water partition coefficient (Wildman–Crippen LogP) is 1.13. The van der Waals surface area contributed by atoms with Crippen molar-refractivity contribution in [3.8, 4) is 0 Å². The molecule has 0 amide bonds. The maximum atomic E-state index is 11.0. The molecule has 0 aromatic heterocycles. The van der Waals surface area contributed by atoms with Crippen LogP contribution in [0.1, 0.15) is 19.3 Å². The summed E-state index contributed by atoms with van der Waals surface area (Å²) < 4.78 is 5.57. The average Bonchev–Trinajstić information content (AvgIpc) is 2.62. The van der Waals surface area contributed by atoms with Gasteiger partial charge in [-0.15, -0.1) is 0 Å². The van der Waals surface area contributed by atoms with Gasteiger partial charge in [0.25, 0.3) is 0 Å². The zero-order valence-corrected chi connectivity index (χ0v) is 7.93. The zero-order valence-electron chi connectivity index (χ0n) is 7.93. The van der Waals surface area contributed by atoms with Crippen LogP contribution in [0.15, 0.2) is 0 Å². The van der Waals surface area contributed by atoms with Crippen LogP contribution in [0.2, 0.25) is 0 Å². The average molecular weight is 194 g/mol. The minimum Gasteiger partial charge on any atom is -0.481 e. The molecule has 0 aromatic carbocycles. The smallest absolute Gasteiger partial charge is 0.306 e. The van der Waals surface area contributed by atoms with Gasteiger partial charge in [-0.25, -0.2) is 0 Å². The van der Waals surface area contributed by atoms with Crippen molar-refractivity contribution in [1.29, 1.82) is 0 Å². The van der Waals surface area contributed by atoms with Gasteiger partial charge >= 0.3 is 5.97 Å². The molecule has 1 heterocycles. The Morgan fingerprint density at radius 1 is 1.21 bits per heavy atom. The normalized spacial score (nSPS) is 62.4. The predicted molar refractivity (Wildman–Crippen MR) is 47.6 cm³/mol. The number of hydrogen-bond donors (Lipinski definition) is 1. The summed E-state index contributed by atoms with van der Waals surface area (Å²) in [7, 11) is 0. The molecule has 0 radical (unpaired) electrons. The number of hydrogen-bond acceptors (Lipinski definition) is 2. The first-order valence-corrected chi connectivity index (χ1v) is 5.64. The Kier molecular flexibility index (Phi) is 1.19. The van der Waals surface area contributed by atoms with E-state index in [1.807, 2.05) is 0 Å². The van der Waals surface area contributed by atoms with Gasteiger partial charge in [-0.3, -0.25) is 4.79 Å². The van der Waals surface area contributed by atoms with Gasteiger partial charge in [-0.05, 0) is 42.9 Å². The first kappa shape index (κ1) is 7.69. The first-order valence-electron chi connectivity index (χ1n) is 5.64. The topological polar surface area (TPSA) is 49.8 Å². The molecule has 14 heavy (non-hydrogen) atoms. The Morgan fingerprint density at radius 3 is 2.86 bits per heavy atom. The van der Waals surface area contributed by atoms with Crippen molar-refractivity contribution in [2.75, 3.05) is 0 Å². The number of fused-ring (bicyclic) bond motifs is 7. The second-order valence-electron chi connectivity index (χ2n) is 5.46. The zero-order chi connectivity index (χ0) is 9.45. The van der Waals surface area contributed by atoms with E-state index in [-0.39, 0.29) is 5.92 Å². The highest BCUT2D eigenvalue weighted by molar-refractivity contribution is 5.71. The molecule has 3 aliphatic carbocycles. The van der Waals surface area contributed by atoms with Gasteiger partial charge in [-0.1, -0.05) is 0 Å². The molecule has 3 heteroatoms. The number of ether oxygens (including phenoxy) is 1. The van der Waals surface area contributed by atoms with Gasteiger partial charge in [0, 0.05) is 0 Å². The molecule has 3 nitrogen and oxygen atoms in total. The van der Waals surface area contributed by atoms with Crippen LogP contribution in [0.5, 0.6) is 0 Å². The van der Waals surface area contributed by atoms with E-state index in [0.717, 1.165) is 18.8 Å². The molecule has 0 aromatic rings. The van der Waals surface area contributed by atoms with Gasteiger partial charge in [-0.2, -0.15) is 0 Å². The van der Waals surface area contributed by atoms with Crippen molar-refractivity contribution in [1.82, 2.24) is 0 Å². The molecule has 7 atom stereocenters. The van der Waals surface area contributed by atoms with Crippen LogP contribution >= 0.6 is 0 Å². The fourth-order valence-electron chi connectivity index (χ4n) is 4.61. The van der Waals surface area contributed by atoms with Crippen molar-refractivity contribution in [3.05, 3.63) is 0 Å². The summed E-state index contributed by atoms with van der Waals surface area (Å²) >= 11 is 0. The Morgan fingerprint density at radius 2 is 2.07 bits per heavy atom. The van der Waals surface area contributed by atoms with E-state index < -0.39 is 5.97 Å². The van der Waals surface area contributed by atoms with Crippen molar-refractivity contribution in [3.63, 3.8) is 0 Å². The lowest BCUT2D eigenvalue weighted by atomic mass is 9.75. The highest BCUT2D eigenvalue weighted by Crippen LogP contribution is 2.65. The lowest BCUT2D eigenvalue weighted by Gasteiger charge is -2.30. The number of carboxylic acids is 1. The van der Waals surface area contributed by atoms with Crippen molar-refractivity contribution in [2.24, 2.45) is 29.6 Å². The minimum absolute atomic E-state index is 0.0289. The molecule has 1 N–H and O–H groups in total. The largest absolute Gasteiger partial charge is 0.481 e. The highest BCUT2D eigenvalue weighted by atomic mass is 16.6. The van der Waals surface area contributed by atoms with Crippen molar-refractivity contribution < 1.29 is 14.6 Å². The molecular formula is C11H14O3. The number of carboxylic acid groups (broad SMARTS) is 1. The maximum Gasteiger partial charge on any atom is 0.306 e. The number of carbonyl (C=O) groups is 1. The van der Waals surface area contributed by atoms with Gasteiger partial charge in [0.15, 0.2) is 0 Å². The molecule has 3 saturated carbocycles. The van der Waals surface area contributed by atoms with Crippen LogP contribution in [0, 0.1) is 29.6 Å². The minimum atomic E-state index is -0.558. The first-order chi connectivity index (χ1) is 6.75. The molecule has 4 fully saturated rings. The third-order valence-corrected chi connectivity index (χ3v) is 5.06. The Labute approximate surface area is 82.4 Å². The van der Waals surface area contributed by atoms with E-state index >= 15 is 0 Å². The van der Waals surface area contributed by atoms with Crippen LogP contribution in [0.4, 0.5) is 0 Å². The summed E-state index contributed by atoms with van der Waals surface area (Å²) in [5, 5.41) is 9.10. The van der Waals surface area contributed by atoms with Crippen LogP contribution < -0.4 is 0 Å². The van der Waals surface area contributed by atoms with Gasteiger partial charge in [0.05, 0.1) is 18.1 Å². The molecule has 0 spiro atoms. The molecule has 1 aliphatic heterocycles. The number of rotatable bonds is 1. The summed E-state index contributed by atoms with van der Waals surface area (Å²) in [6, 6.07) is 0. The quantitative estimate of drug-likeness (QED) is 0.636. The Balaban J connectivity index is 1.66. The van der Waals surface area contributed by atoms with Crippen LogP contribution in [-0.2, 0) is 9.53 Å². The summed E-state index contributed by atoms with van der Waals surface area (Å²) in [6.07, 6.45) is 4.29. The second-order valence-corrected chi connectivity index (χ2v) is 5.46. The Bertz CT molecular complexity index is 314. The summed E-state index contributed by atoms with van der Waals surface area (Å²) in [6.45, 7) is 0. The third kappa shape index (κ3) is 0.724. The fourth-order valence-corrected chi connectivity index (χ4v) is 4.61. The second kappa shape index (κ2) is 2.16. The van der Waals surface area contributed by atoms with Crippen molar-refractivity contribution >= 4 is 5.97 Å². The van der Waals surface area contributed by atoms with Crippen LogP contribution in [0.3, 0.4) is 0 Å². The monoisotopic (exact) mass is 194 g/mol. The molecular weight excluding hydrogens is 180 g/mol.